The summed E-state index contributed by atoms with van der Waals surface area (Å²) in [6.45, 7) is 0. The third-order valence-corrected chi connectivity index (χ3v) is 11.6. The number of benzene rings is 9. The van der Waals surface area contributed by atoms with Crippen LogP contribution in [0.1, 0.15) is 30.8 Å². The molecule has 0 saturated heterocycles. The van der Waals surface area contributed by atoms with E-state index in [2.05, 4.69) is 109 Å². The molecule has 1 aliphatic carbocycles. The minimum Gasteiger partial charge on any atom is -0.455 e. The van der Waals surface area contributed by atoms with Gasteiger partial charge in [0.05, 0.1) is 6.85 Å². The highest BCUT2D eigenvalue weighted by molar-refractivity contribution is 6.22. The molecular formula is C54H38O. The van der Waals surface area contributed by atoms with Crippen LogP contribution < -0.4 is 0 Å². The second-order valence-corrected chi connectivity index (χ2v) is 14.6. The first-order valence-corrected chi connectivity index (χ1v) is 19.2. The van der Waals surface area contributed by atoms with Crippen LogP contribution in [0, 0.1) is 0 Å². The normalized spacial score (nSPS) is 14.1. The summed E-state index contributed by atoms with van der Waals surface area (Å²) < 4.78 is 50.2. The molecule has 10 aromatic rings. The smallest absolute Gasteiger partial charge is 0.143 e. The van der Waals surface area contributed by atoms with Crippen molar-refractivity contribution >= 4 is 43.5 Å². The highest BCUT2D eigenvalue weighted by Gasteiger charge is 2.24. The first-order chi connectivity index (χ1) is 29.4. The Morgan fingerprint density at radius 1 is 0.418 bits per heavy atom. The van der Waals surface area contributed by atoms with Gasteiger partial charge in [0.15, 0.2) is 0 Å². The van der Waals surface area contributed by atoms with E-state index in [4.69, 9.17) is 11.3 Å². The van der Waals surface area contributed by atoms with Crippen LogP contribution in [0.15, 0.2) is 186 Å². The summed E-state index contributed by atoms with van der Waals surface area (Å²) in [4.78, 5) is 0. The molecule has 11 rings (SSSR count). The minimum atomic E-state index is -0.399. The van der Waals surface area contributed by atoms with Crippen molar-refractivity contribution in [2.45, 2.75) is 25.7 Å². The fourth-order valence-electron chi connectivity index (χ4n) is 9.20. The predicted octanol–water partition coefficient (Wildman–Crippen LogP) is 15.1. The number of fused-ring (bicyclic) bond motifs is 6. The van der Waals surface area contributed by atoms with Crippen molar-refractivity contribution in [3.05, 3.63) is 193 Å². The van der Waals surface area contributed by atoms with Gasteiger partial charge in [-0.3, -0.25) is 0 Å². The van der Waals surface area contributed by atoms with Crippen LogP contribution >= 0.6 is 0 Å². The van der Waals surface area contributed by atoms with Crippen molar-refractivity contribution in [2.75, 3.05) is 0 Å². The van der Waals surface area contributed by atoms with Gasteiger partial charge in [0.25, 0.3) is 0 Å². The molecule has 0 amide bonds. The van der Waals surface area contributed by atoms with Gasteiger partial charge in [-0.15, -0.1) is 0 Å². The molecule has 55 heavy (non-hydrogen) atoms. The molecule has 1 aromatic heterocycles. The van der Waals surface area contributed by atoms with E-state index in [0.29, 0.717) is 5.56 Å². The van der Waals surface area contributed by atoms with Crippen molar-refractivity contribution in [3.8, 4) is 55.6 Å². The maximum Gasteiger partial charge on any atom is 0.143 e. The van der Waals surface area contributed by atoms with E-state index in [1.165, 1.54) is 28.7 Å². The van der Waals surface area contributed by atoms with Crippen LogP contribution in [-0.4, -0.2) is 0 Å². The van der Waals surface area contributed by atoms with E-state index in [-0.39, 0.29) is 29.7 Å². The molecule has 1 heteroatoms. The van der Waals surface area contributed by atoms with Crippen molar-refractivity contribution in [1.29, 1.82) is 0 Å². The molecule has 1 nitrogen and oxygen atoms in total. The molecule has 1 aliphatic rings. The molecule has 0 N–H and O–H groups in total. The Kier molecular flexibility index (Phi) is 6.38. The lowest BCUT2D eigenvalue weighted by Crippen LogP contribution is -2.04. The van der Waals surface area contributed by atoms with E-state index in [0.717, 1.165) is 96.1 Å². The summed E-state index contributed by atoms with van der Waals surface area (Å²) in [6.07, 6.45) is 4.47. The van der Waals surface area contributed by atoms with Crippen molar-refractivity contribution in [3.63, 3.8) is 0 Å². The summed E-state index contributed by atoms with van der Waals surface area (Å²) in [5.41, 5.74) is 14.3. The van der Waals surface area contributed by atoms with Gasteiger partial charge in [0.1, 0.15) is 11.2 Å². The van der Waals surface area contributed by atoms with E-state index >= 15 is 0 Å². The zero-order valence-corrected chi connectivity index (χ0v) is 30.2. The fourth-order valence-corrected chi connectivity index (χ4v) is 9.20. The van der Waals surface area contributed by atoms with E-state index in [1.54, 1.807) is 0 Å². The lowest BCUT2D eigenvalue weighted by atomic mass is 9.81. The molecule has 260 valence electrons. The first kappa shape index (κ1) is 27.0. The van der Waals surface area contributed by atoms with E-state index in [9.17, 15) is 0 Å². The lowest BCUT2D eigenvalue weighted by molar-refractivity contribution is 0.670. The van der Waals surface area contributed by atoms with Gasteiger partial charge < -0.3 is 4.42 Å². The van der Waals surface area contributed by atoms with Crippen molar-refractivity contribution in [2.24, 2.45) is 0 Å². The average Bonchev–Trinajstić information content (AvgIpc) is 3.69. The largest absolute Gasteiger partial charge is 0.455 e. The number of furan rings is 1. The van der Waals surface area contributed by atoms with Crippen molar-refractivity contribution in [1.82, 2.24) is 0 Å². The third-order valence-electron chi connectivity index (χ3n) is 11.6. The van der Waals surface area contributed by atoms with Gasteiger partial charge in [-0.1, -0.05) is 170 Å². The zero-order valence-electron chi connectivity index (χ0n) is 35.2. The molecule has 0 saturated carbocycles. The Bertz CT molecular complexity index is 3300. The molecule has 1 heterocycles. The van der Waals surface area contributed by atoms with Crippen LogP contribution in [-0.2, 0) is 12.8 Å². The number of aryl methyl sites for hydroxylation is 1. The van der Waals surface area contributed by atoms with Crippen molar-refractivity contribution < 1.29 is 11.3 Å². The highest BCUT2D eigenvalue weighted by atomic mass is 16.3. The molecule has 0 atom stereocenters. The van der Waals surface area contributed by atoms with Gasteiger partial charge in [-0.25, -0.2) is 0 Å². The summed E-state index contributed by atoms with van der Waals surface area (Å²) in [5.74, 6) is 0. The SMILES string of the molecule is [2H]c1c([2H])c([2H])c(-c2c3ccccc3c(-c3cccc(-c4ccc5oc6c(-c7ccccc7)cccc6c5c4-c4cccc5c4CCCC5)c3)c3ccccc23)c([2H])c1[2H]. The summed E-state index contributed by atoms with van der Waals surface area (Å²) in [7, 11) is 0. The standard InChI is InChI=1S/C54H38O/c1-3-16-36(17-4-1)42-29-15-31-48-53-49(55-54(42)48)33-32-41(52(53)43-30-14-21-35-18-7-8-24-40(35)43)38-22-13-23-39(34-38)51-46-27-11-9-25-44(46)50(37-19-5-2-6-20-37)45-26-10-12-28-47(45)51/h1-6,9-17,19-23,25-34H,7-8,18,24H2/i2D,5D,6D,19D,20D. The summed E-state index contributed by atoms with van der Waals surface area (Å²) in [5, 5.41) is 5.74. The summed E-state index contributed by atoms with van der Waals surface area (Å²) in [6, 6.07) is 51.5. The molecule has 0 radical (unpaired) electrons. The quantitative estimate of drug-likeness (QED) is 0.162. The molecule has 0 spiro atoms. The summed E-state index contributed by atoms with van der Waals surface area (Å²) >= 11 is 0. The molecule has 0 bridgehead atoms. The Morgan fingerprint density at radius 2 is 1.02 bits per heavy atom. The molecular weight excluding hydrogens is 665 g/mol. The first-order valence-electron chi connectivity index (χ1n) is 21.7. The Morgan fingerprint density at radius 3 is 1.78 bits per heavy atom. The molecule has 0 unspecified atom stereocenters. The molecule has 0 fully saturated rings. The van der Waals surface area contributed by atoms with Crippen LogP contribution in [0.2, 0.25) is 0 Å². The van der Waals surface area contributed by atoms with Gasteiger partial charge in [-0.2, -0.15) is 0 Å². The van der Waals surface area contributed by atoms with Gasteiger partial charge >= 0.3 is 0 Å². The maximum absolute atomic E-state index is 8.99. The van der Waals surface area contributed by atoms with Gasteiger partial charge in [-0.05, 0) is 115 Å². The fraction of sp³-hybridized carbons (Fsp3) is 0.0741. The minimum absolute atomic E-state index is 0.209. The Hall–Kier alpha value is -6.70. The van der Waals surface area contributed by atoms with E-state index < -0.39 is 6.04 Å². The third kappa shape index (κ3) is 5.15. The van der Waals surface area contributed by atoms with Crippen LogP contribution in [0.25, 0.3) is 99.1 Å². The molecule has 9 aromatic carbocycles. The number of para-hydroxylation sites is 1. The number of rotatable bonds is 5. The van der Waals surface area contributed by atoms with Gasteiger partial charge in [0, 0.05) is 21.9 Å². The Labute approximate surface area is 328 Å². The van der Waals surface area contributed by atoms with Crippen LogP contribution in [0.3, 0.4) is 0 Å². The molecule has 0 aliphatic heterocycles. The average molecular weight is 708 g/mol. The Balaban J connectivity index is 1.19. The van der Waals surface area contributed by atoms with E-state index in [1.807, 2.05) is 42.5 Å². The highest BCUT2D eigenvalue weighted by Crippen LogP contribution is 2.49. The number of hydrogen-bond donors (Lipinski definition) is 0. The second-order valence-electron chi connectivity index (χ2n) is 14.6. The number of hydrogen-bond acceptors (Lipinski definition) is 1. The van der Waals surface area contributed by atoms with Crippen LogP contribution in [0.5, 0.6) is 0 Å². The predicted molar refractivity (Wildman–Crippen MR) is 233 cm³/mol. The van der Waals surface area contributed by atoms with Crippen LogP contribution in [0.4, 0.5) is 0 Å². The lowest BCUT2D eigenvalue weighted by Gasteiger charge is -2.22. The second kappa shape index (κ2) is 13.0. The maximum atomic E-state index is 8.99. The zero-order chi connectivity index (χ0) is 40.6. The van der Waals surface area contributed by atoms with Gasteiger partial charge in [0.2, 0.25) is 0 Å². The topological polar surface area (TPSA) is 13.1 Å². The monoisotopic (exact) mass is 707 g/mol.